The van der Waals surface area contributed by atoms with Gasteiger partial charge in [-0.05, 0) is 86.5 Å². The molecule has 0 unspecified atom stereocenters. The van der Waals surface area contributed by atoms with Crippen molar-refractivity contribution < 1.29 is 18.6 Å². The van der Waals surface area contributed by atoms with Crippen molar-refractivity contribution in [3.05, 3.63) is 58.7 Å². The van der Waals surface area contributed by atoms with E-state index < -0.39 is 7.73 Å². The highest BCUT2D eigenvalue weighted by Crippen LogP contribution is 2.46. The van der Waals surface area contributed by atoms with Gasteiger partial charge in [0.2, 0.25) is 0 Å². The molecule has 2 aromatic carbocycles. The third-order valence-electron chi connectivity index (χ3n) is 3.50. The van der Waals surface area contributed by atoms with E-state index in [0.29, 0.717) is 22.6 Å². The second-order valence-corrected chi connectivity index (χ2v) is 7.09. The van der Waals surface area contributed by atoms with Gasteiger partial charge in [0.25, 0.3) is 0 Å². The predicted octanol–water partition coefficient (Wildman–Crippen LogP) is 5.63. The lowest BCUT2D eigenvalue weighted by Crippen LogP contribution is -1.98. The number of ketones is 2. The van der Waals surface area contributed by atoms with Gasteiger partial charge in [-0.1, -0.05) is 0 Å². The number of benzene rings is 2. The fraction of sp³-hybridized carbons (Fsp3) is 0.222. The summed E-state index contributed by atoms with van der Waals surface area (Å²) >= 11 is 6.18. The van der Waals surface area contributed by atoms with E-state index in [1.54, 1.807) is 36.4 Å². The van der Waals surface area contributed by atoms with E-state index in [4.69, 9.17) is 20.3 Å². The van der Waals surface area contributed by atoms with Crippen molar-refractivity contribution in [3.8, 4) is 11.5 Å². The lowest BCUT2D eigenvalue weighted by molar-refractivity contribution is 0.100. The standard InChI is InChI=1S/C18H18ClO4P/c1-11-9-15(13(3)20)5-7-17(11)22-24(19)23-18-8-6-16(14(4)21)10-12(18)2/h5-10H,1-4H3. The zero-order valence-corrected chi connectivity index (χ0v) is 15.6. The molecule has 0 aliphatic rings. The molecule has 6 heteroatoms. The molecule has 0 N–H and O–H groups in total. The molecule has 4 nitrogen and oxygen atoms in total. The van der Waals surface area contributed by atoms with Gasteiger partial charge >= 0.3 is 7.73 Å². The second-order valence-electron chi connectivity index (χ2n) is 5.47. The smallest absolute Gasteiger partial charge is 0.401 e. The van der Waals surface area contributed by atoms with E-state index in [-0.39, 0.29) is 11.6 Å². The van der Waals surface area contributed by atoms with Gasteiger partial charge in [-0.2, -0.15) is 0 Å². The minimum atomic E-state index is -1.71. The topological polar surface area (TPSA) is 52.6 Å². The molecule has 0 aromatic heterocycles. The van der Waals surface area contributed by atoms with Gasteiger partial charge in [0.1, 0.15) is 11.5 Å². The van der Waals surface area contributed by atoms with E-state index >= 15 is 0 Å². The Morgan fingerprint density at radius 3 is 1.50 bits per heavy atom. The Morgan fingerprint density at radius 2 is 1.21 bits per heavy atom. The zero-order chi connectivity index (χ0) is 17.9. The van der Waals surface area contributed by atoms with Crippen molar-refractivity contribution in [2.45, 2.75) is 27.7 Å². The van der Waals surface area contributed by atoms with Crippen LogP contribution in [0.5, 0.6) is 11.5 Å². The number of hydrogen-bond acceptors (Lipinski definition) is 4. The van der Waals surface area contributed by atoms with E-state index in [0.717, 1.165) is 11.1 Å². The molecule has 0 aliphatic carbocycles. The highest BCUT2D eigenvalue weighted by atomic mass is 35.7. The third-order valence-corrected chi connectivity index (χ3v) is 4.60. The van der Waals surface area contributed by atoms with Crippen molar-refractivity contribution in [2.75, 3.05) is 0 Å². The summed E-state index contributed by atoms with van der Waals surface area (Å²) in [4.78, 5) is 22.7. The quantitative estimate of drug-likeness (QED) is 0.492. The van der Waals surface area contributed by atoms with Crippen LogP contribution in [-0.4, -0.2) is 11.6 Å². The number of rotatable bonds is 6. The van der Waals surface area contributed by atoms with Gasteiger partial charge in [0, 0.05) is 11.1 Å². The number of hydrogen-bond donors (Lipinski definition) is 0. The molecular formula is C18H18ClO4P. The Labute approximate surface area is 147 Å². The SMILES string of the molecule is CC(=O)c1ccc(OP(Cl)Oc2ccc(C(C)=O)cc2C)c(C)c1. The van der Waals surface area contributed by atoms with Crippen LogP contribution >= 0.6 is 19.0 Å². The lowest BCUT2D eigenvalue weighted by atomic mass is 10.1. The highest BCUT2D eigenvalue weighted by molar-refractivity contribution is 7.76. The zero-order valence-electron chi connectivity index (χ0n) is 13.9. The average molecular weight is 365 g/mol. The van der Waals surface area contributed by atoms with Crippen molar-refractivity contribution in [3.63, 3.8) is 0 Å². The van der Waals surface area contributed by atoms with Gasteiger partial charge in [0.15, 0.2) is 11.6 Å². The largest absolute Gasteiger partial charge is 0.427 e. The van der Waals surface area contributed by atoms with Crippen LogP contribution < -0.4 is 9.05 Å². The van der Waals surface area contributed by atoms with Crippen LogP contribution in [0.2, 0.25) is 0 Å². The first-order chi connectivity index (χ1) is 11.3. The van der Waals surface area contributed by atoms with E-state index in [1.807, 2.05) is 13.8 Å². The average Bonchev–Trinajstić information content (AvgIpc) is 2.50. The van der Waals surface area contributed by atoms with Crippen LogP contribution in [0.3, 0.4) is 0 Å². The Hall–Kier alpha value is -1.90. The summed E-state index contributed by atoms with van der Waals surface area (Å²) in [7, 11) is -1.71. The van der Waals surface area contributed by atoms with Crippen LogP contribution in [0.1, 0.15) is 45.7 Å². The molecule has 0 bridgehead atoms. The number of halogens is 1. The van der Waals surface area contributed by atoms with Gasteiger partial charge in [-0.15, -0.1) is 0 Å². The van der Waals surface area contributed by atoms with E-state index in [1.165, 1.54) is 13.8 Å². The highest BCUT2D eigenvalue weighted by Gasteiger charge is 2.15. The Morgan fingerprint density at radius 1 is 0.833 bits per heavy atom. The number of carbonyl (C=O) groups excluding carboxylic acids is 2. The van der Waals surface area contributed by atoms with Crippen LogP contribution in [0.4, 0.5) is 0 Å². The van der Waals surface area contributed by atoms with Crippen LogP contribution in [0.25, 0.3) is 0 Å². The van der Waals surface area contributed by atoms with Crippen molar-refractivity contribution in [2.24, 2.45) is 0 Å². The number of carbonyl (C=O) groups is 2. The second kappa shape index (κ2) is 7.78. The summed E-state index contributed by atoms with van der Waals surface area (Å²) < 4.78 is 11.3. The fourth-order valence-electron chi connectivity index (χ4n) is 2.11. The molecule has 2 rings (SSSR count). The maximum atomic E-state index is 11.4. The Kier molecular flexibility index (Phi) is 5.98. The maximum absolute atomic E-state index is 11.4. The van der Waals surface area contributed by atoms with Crippen LogP contribution in [-0.2, 0) is 0 Å². The first-order valence-electron chi connectivity index (χ1n) is 7.33. The summed E-state index contributed by atoms with van der Waals surface area (Å²) in [6.07, 6.45) is 0. The maximum Gasteiger partial charge on any atom is 0.401 e. The van der Waals surface area contributed by atoms with Gasteiger partial charge < -0.3 is 9.05 Å². The van der Waals surface area contributed by atoms with Crippen LogP contribution in [0, 0.1) is 13.8 Å². The third kappa shape index (κ3) is 4.56. The summed E-state index contributed by atoms with van der Waals surface area (Å²) in [6.45, 7) is 6.71. The monoisotopic (exact) mass is 364 g/mol. The molecule has 0 saturated heterocycles. The summed E-state index contributed by atoms with van der Waals surface area (Å²) in [5, 5.41) is 0. The molecule has 0 saturated carbocycles. The number of Topliss-reactive ketones (excluding diaryl/α,β-unsaturated/α-hetero) is 2. The molecule has 126 valence electrons. The fourth-order valence-corrected chi connectivity index (χ4v) is 3.32. The first-order valence-corrected chi connectivity index (χ1v) is 9.41. The minimum Gasteiger partial charge on any atom is -0.427 e. The van der Waals surface area contributed by atoms with Crippen molar-refractivity contribution in [1.82, 2.24) is 0 Å². The molecule has 0 aliphatic heterocycles. The molecule has 0 amide bonds. The minimum absolute atomic E-state index is 0.00442. The number of aryl methyl sites for hydroxylation is 2. The normalized spacial score (nSPS) is 10.6. The van der Waals surface area contributed by atoms with E-state index in [9.17, 15) is 9.59 Å². The van der Waals surface area contributed by atoms with Crippen molar-refractivity contribution in [1.29, 1.82) is 0 Å². The van der Waals surface area contributed by atoms with Crippen molar-refractivity contribution >= 4 is 30.5 Å². The molecule has 0 heterocycles. The Bertz CT molecular complexity index is 723. The van der Waals surface area contributed by atoms with Crippen LogP contribution in [0.15, 0.2) is 36.4 Å². The Balaban J connectivity index is 2.09. The summed E-state index contributed by atoms with van der Waals surface area (Å²) in [5.74, 6) is 1.13. The van der Waals surface area contributed by atoms with Gasteiger partial charge in [-0.3, -0.25) is 9.59 Å². The molecule has 0 spiro atoms. The van der Waals surface area contributed by atoms with Gasteiger partial charge in [0.05, 0.1) is 0 Å². The molecular weight excluding hydrogens is 347 g/mol. The molecule has 2 aromatic rings. The van der Waals surface area contributed by atoms with E-state index in [2.05, 4.69) is 0 Å². The summed E-state index contributed by atoms with van der Waals surface area (Å²) in [5.41, 5.74) is 2.86. The first kappa shape index (κ1) is 18.4. The predicted molar refractivity (Wildman–Crippen MR) is 96.4 cm³/mol. The molecule has 24 heavy (non-hydrogen) atoms. The summed E-state index contributed by atoms with van der Waals surface area (Å²) in [6, 6.07) is 10.3. The lowest BCUT2D eigenvalue weighted by Gasteiger charge is -2.16. The molecule has 0 atom stereocenters. The molecule has 0 fully saturated rings. The molecule has 0 radical (unpaired) electrons. The van der Waals surface area contributed by atoms with Gasteiger partial charge in [-0.25, -0.2) is 0 Å².